The molecule has 1 aromatic heterocycles. The van der Waals surface area contributed by atoms with Gasteiger partial charge in [-0.15, -0.1) is 0 Å². The van der Waals surface area contributed by atoms with Crippen LogP contribution in [-0.4, -0.2) is 40.5 Å². The topological polar surface area (TPSA) is 37.3 Å². The minimum Gasteiger partial charge on any atom is -0.347 e. The number of halogens is 1. The largest absolute Gasteiger partial charge is 0.347 e. The number of hydrogen-bond acceptors (Lipinski definition) is 2. The third kappa shape index (κ3) is 2.47. The van der Waals surface area contributed by atoms with Crippen molar-refractivity contribution in [3.05, 3.63) is 22.4 Å². The van der Waals surface area contributed by atoms with E-state index in [-0.39, 0.29) is 5.91 Å². The van der Waals surface area contributed by atoms with Gasteiger partial charge >= 0.3 is 0 Å². The van der Waals surface area contributed by atoms with Crippen LogP contribution in [0.15, 0.2) is 16.7 Å². The van der Waals surface area contributed by atoms with Crippen LogP contribution in [0, 0.1) is 0 Å². The van der Waals surface area contributed by atoms with Crippen LogP contribution in [-0.2, 0) is 7.05 Å². The van der Waals surface area contributed by atoms with Crippen molar-refractivity contribution >= 4 is 21.8 Å². The average Bonchev–Trinajstić information content (AvgIpc) is 2.97. The molecule has 4 nitrogen and oxygen atoms in total. The van der Waals surface area contributed by atoms with Crippen molar-refractivity contribution in [1.29, 1.82) is 0 Å². The number of nitrogens with zero attached hydrogens (tertiary/aromatic N) is 2. The number of aromatic nitrogens is 1. The Balaban J connectivity index is 1.59. The molecule has 3 rings (SSSR count). The van der Waals surface area contributed by atoms with Gasteiger partial charge in [-0.3, -0.25) is 9.69 Å². The molecular formula is C13H18BrN3O. The summed E-state index contributed by atoms with van der Waals surface area (Å²) in [5.41, 5.74) is 0.715. The van der Waals surface area contributed by atoms with Gasteiger partial charge in [0.25, 0.3) is 5.91 Å². The van der Waals surface area contributed by atoms with Crippen molar-refractivity contribution in [2.24, 2.45) is 7.05 Å². The van der Waals surface area contributed by atoms with E-state index in [0.717, 1.165) is 30.0 Å². The number of amides is 1. The maximum absolute atomic E-state index is 12.2. The minimum atomic E-state index is 0.0332. The molecule has 98 valence electrons. The van der Waals surface area contributed by atoms with Crippen LogP contribution in [0.4, 0.5) is 0 Å². The van der Waals surface area contributed by atoms with Crippen molar-refractivity contribution in [3.8, 4) is 0 Å². The lowest BCUT2D eigenvalue weighted by Gasteiger charge is -2.15. The molecule has 0 spiro atoms. The van der Waals surface area contributed by atoms with Gasteiger partial charge in [-0.1, -0.05) is 0 Å². The van der Waals surface area contributed by atoms with E-state index in [4.69, 9.17) is 0 Å². The van der Waals surface area contributed by atoms with Crippen LogP contribution >= 0.6 is 15.9 Å². The van der Waals surface area contributed by atoms with Crippen molar-refractivity contribution in [2.75, 3.05) is 13.1 Å². The number of likely N-dealkylation sites (tertiary alicyclic amines) is 1. The molecular weight excluding hydrogens is 294 g/mol. The zero-order valence-corrected chi connectivity index (χ0v) is 12.1. The minimum absolute atomic E-state index is 0.0332. The highest BCUT2D eigenvalue weighted by Gasteiger charge is 2.34. The lowest BCUT2D eigenvalue weighted by molar-refractivity contribution is 0.0929. The molecule has 18 heavy (non-hydrogen) atoms. The highest BCUT2D eigenvalue weighted by atomic mass is 79.9. The first kappa shape index (κ1) is 12.2. The van der Waals surface area contributed by atoms with Crippen LogP contribution in [0.1, 0.15) is 29.8 Å². The molecule has 2 aliphatic rings. The maximum Gasteiger partial charge on any atom is 0.268 e. The Labute approximate surface area is 115 Å². The van der Waals surface area contributed by atoms with Crippen LogP contribution in [0.25, 0.3) is 0 Å². The number of carbonyl (C=O) groups is 1. The average molecular weight is 312 g/mol. The standard InChI is InChI=1S/C13H18BrN3O/c1-16-7-9(14)6-12(16)13(18)15-10-4-5-17(8-10)11-2-3-11/h6-7,10-11H,2-5,8H2,1H3,(H,15,18). The summed E-state index contributed by atoms with van der Waals surface area (Å²) in [6, 6.07) is 2.98. The molecule has 1 amide bonds. The van der Waals surface area contributed by atoms with Crippen molar-refractivity contribution < 1.29 is 4.79 Å². The Kier molecular flexibility index (Phi) is 3.20. The molecule has 5 heteroatoms. The molecule has 1 aliphatic heterocycles. The van der Waals surface area contributed by atoms with E-state index in [1.54, 1.807) is 0 Å². The second kappa shape index (κ2) is 4.70. The SMILES string of the molecule is Cn1cc(Br)cc1C(=O)NC1CCN(C2CC2)C1. The summed E-state index contributed by atoms with van der Waals surface area (Å²) >= 11 is 3.39. The zero-order chi connectivity index (χ0) is 12.7. The first-order chi connectivity index (χ1) is 8.63. The fourth-order valence-electron chi connectivity index (χ4n) is 2.69. The molecule has 0 radical (unpaired) electrons. The molecule has 2 fully saturated rings. The molecule has 1 saturated heterocycles. The molecule has 2 heterocycles. The molecule has 0 aromatic carbocycles. The Morgan fingerprint density at radius 3 is 2.83 bits per heavy atom. The smallest absolute Gasteiger partial charge is 0.268 e. The second-order valence-corrected chi connectivity index (χ2v) is 6.26. The van der Waals surface area contributed by atoms with E-state index in [9.17, 15) is 4.79 Å². The Hall–Kier alpha value is -0.810. The van der Waals surface area contributed by atoms with Gasteiger partial charge in [0, 0.05) is 42.9 Å². The third-order valence-electron chi connectivity index (χ3n) is 3.82. The summed E-state index contributed by atoms with van der Waals surface area (Å²) in [4.78, 5) is 14.7. The molecule has 1 aliphatic carbocycles. The van der Waals surface area contributed by atoms with Gasteiger partial charge in [0.2, 0.25) is 0 Å². The van der Waals surface area contributed by atoms with E-state index < -0.39 is 0 Å². The van der Waals surface area contributed by atoms with E-state index in [2.05, 4.69) is 26.1 Å². The summed E-state index contributed by atoms with van der Waals surface area (Å²) in [6.45, 7) is 2.15. The summed E-state index contributed by atoms with van der Waals surface area (Å²) in [5.74, 6) is 0.0332. The summed E-state index contributed by atoms with van der Waals surface area (Å²) in [5, 5.41) is 3.14. The first-order valence-electron chi connectivity index (χ1n) is 6.50. The summed E-state index contributed by atoms with van der Waals surface area (Å²) in [6.07, 6.45) is 5.66. The van der Waals surface area contributed by atoms with Crippen molar-refractivity contribution in [1.82, 2.24) is 14.8 Å². The highest BCUT2D eigenvalue weighted by Crippen LogP contribution is 2.29. The van der Waals surface area contributed by atoms with Crippen LogP contribution in [0.2, 0.25) is 0 Å². The maximum atomic E-state index is 12.2. The van der Waals surface area contributed by atoms with E-state index in [0.29, 0.717) is 11.7 Å². The molecule has 1 aromatic rings. The Morgan fingerprint density at radius 1 is 1.44 bits per heavy atom. The molecule has 0 bridgehead atoms. The number of carbonyl (C=O) groups excluding carboxylic acids is 1. The van der Waals surface area contributed by atoms with E-state index in [1.165, 1.54) is 12.8 Å². The Morgan fingerprint density at radius 2 is 2.22 bits per heavy atom. The highest BCUT2D eigenvalue weighted by molar-refractivity contribution is 9.10. The molecule has 1 atom stereocenters. The zero-order valence-electron chi connectivity index (χ0n) is 10.5. The number of hydrogen-bond donors (Lipinski definition) is 1. The van der Waals surface area contributed by atoms with Gasteiger partial charge in [0.05, 0.1) is 0 Å². The second-order valence-electron chi connectivity index (χ2n) is 5.34. The van der Waals surface area contributed by atoms with Crippen LogP contribution < -0.4 is 5.32 Å². The third-order valence-corrected chi connectivity index (χ3v) is 4.26. The molecule has 1 N–H and O–H groups in total. The summed E-state index contributed by atoms with van der Waals surface area (Å²) < 4.78 is 2.80. The predicted octanol–water partition coefficient (Wildman–Crippen LogP) is 1.75. The Bertz CT molecular complexity index is 467. The first-order valence-corrected chi connectivity index (χ1v) is 7.29. The monoisotopic (exact) mass is 311 g/mol. The fraction of sp³-hybridized carbons (Fsp3) is 0.615. The lowest BCUT2D eigenvalue weighted by Crippen LogP contribution is -2.38. The van der Waals surface area contributed by atoms with Gasteiger partial charge in [0.15, 0.2) is 0 Å². The number of nitrogens with one attached hydrogen (secondary N) is 1. The normalized spacial score (nSPS) is 24.4. The van der Waals surface area contributed by atoms with Crippen molar-refractivity contribution in [3.63, 3.8) is 0 Å². The molecule has 1 unspecified atom stereocenters. The van der Waals surface area contributed by atoms with E-state index in [1.807, 2.05) is 23.9 Å². The van der Waals surface area contributed by atoms with Gasteiger partial charge in [-0.05, 0) is 41.3 Å². The van der Waals surface area contributed by atoms with Crippen molar-refractivity contribution in [2.45, 2.75) is 31.3 Å². The summed E-state index contributed by atoms with van der Waals surface area (Å²) in [7, 11) is 1.89. The lowest BCUT2D eigenvalue weighted by atomic mass is 10.2. The van der Waals surface area contributed by atoms with Gasteiger partial charge in [0.1, 0.15) is 5.69 Å². The quantitative estimate of drug-likeness (QED) is 0.923. The molecule has 1 saturated carbocycles. The van der Waals surface area contributed by atoms with Gasteiger partial charge in [-0.2, -0.15) is 0 Å². The predicted molar refractivity (Wildman–Crippen MR) is 73.6 cm³/mol. The van der Waals surface area contributed by atoms with E-state index >= 15 is 0 Å². The van der Waals surface area contributed by atoms with Gasteiger partial charge < -0.3 is 9.88 Å². The fourth-order valence-corrected chi connectivity index (χ4v) is 3.21. The van der Waals surface area contributed by atoms with Crippen LogP contribution in [0.3, 0.4) is 0 Å². The number of aryl methyl sites for hydroxylation is 1. The van der Waals surface area contributed by atoms with Gasteiger partial charge in [-0.25, -0.2) is 0 Å². The van der Waals surface area contributed by atoms with Crippen LogP contribution in [0.5, 0.6) is 0 Å². The number of rotatable bonds is 3.